The van der Waals surface area contributed by atoms with E-state index in [0.29, 0.717) is 59.3 Å². The summed E-state index contributed by atoms with van der Waals surface area (Å²) in [7, 11) is 1.55. The molecule has 1 unspecified atom stereocenters. The Labute approximate surface area is 221 Å². The molecule has 1 aliphatic carbocycles. The summed E-state index contributed by atoms with van der Waals surface area (Å²) in [4.78, 5) is 25.7. The van der Waals surface area contributed by atoms with Gasteiger partial charge in [0.2, 0.25) is 5.88 Å². The highest BCUT2D eigenvalue weighted by Gasteiger charge is 2.43. The third kappa shape index (κ3) is 5.59. The van der Waals surface area contributed by atoms with E-state index in [-0.39, 0.29) is 35.2 Å². The van der Waals surface area contributed by atoms with E-state index in [2.05, 4.69) is 11.4 Å². The van der Waals surface area contributed by atoms with Gasteiger partial charge in [-0.05, 0) is 42.2 Å². The highest BCUT2D eigenvalue weighted by Crippen LogP contribution is 2.48. The quantitative estimate of drug-likeness (QED) is 0.521. The number of nitrogens with two attached hydrogens (primary N) is 1. The van der Waals surface area contributed by atoms with Gasteiger partial charge in [0, 0.05) is 30.2 Å². The maximum atomic E-state index is 13.2. The van der Waals surface area contributed by atoms with Crippen LogP contribution in [0, 0.1) is 16.7 Å². The van der Waals surface area contributed by atoms with Gasteiger partial charge in [-0.25, -0.2) is 0 Å². The number of anilines is 1. The predicted molar refractivity (Wildman–Crippen MR) is 140 cm³/mol. The van der Waals surface area contributed by atoms with Crippen LogP contribution in [0.4, 0.5) is 5.69 Å². The van der Waals surface area contributed by atoms with E-state index in [1.165, 1.54) is 0 Å². The van der Waals surface area contributed by atoms with Crippen LogP contribution in [0.2, 0.25) is 0 Å². The van der Waals surface area contributed by atoms with Gasteiger partial charge in [-0.1, -0.05) is 26.0 Å². The van der Waals surface area contributed by atoms with Gasteiger partial charge in [0.25, 0.3) is 5.91 Å². The Morgan fingerprint density at radius 2 is 1.97 bits per heavy atom. The minimum atomic E-state index is -0.683. The number of hydrogen-bond acceptors (Lipinski definition) is 8. The molecule has 0 saturated carbocycles. The third-order valence-corrected chi connectivity index (χ3v) is 6.39. The van der Waals surface area contributed by atoms with Crippen LogP contribution in [0.25, 0.3) is 0 Å². The summed E-state index contributed by atoms with van der Waals surface area (Å²) in [5, 5.41) is 12.7. The van der Waals surface area contributed by atoms with Gasteiger partial charge >= 0.3 is 0 Å². The van der Waals surface area contributed by atoms with E-state index in [1.54, 1.807) is 49.6 Å². The van der Waals surface area contributed by atoms with Crippen LogP contribution in [0.3, 0.4) is 0 Å². The predicted octanol–water partition coefficient (Wildman–Crippen LogP) is 4.56. The lowest BCUT2D eigenvalue weighted by atomic mass is 9.70. The molecule has 0 fully saturated rings. The Bertz CT molecular complexity index is 1370. The molecule has 38 heavy (non-hydrogen) atoms. The van der Waals surface area contributed by atoms with E-state index in [4.69, 9.17) is 24.7 Å². The van der Waals surface area contributed by atoms with Gasteiger partial charge in [0.1, 0.15) is 23.2 Å². The molecule has 4 rings (SSSR count). The molecule has 1 heterocycles. The highest BCUT2D eigenvalue weighted by molar-refractivity contribution is 6.00. The Morgan fingerprint density at radius 1 is 1.18 bits per heavy atom. The van der Waals surface area contributed by atoms with Crippen molar-refractivity contribution in [2.24, 2.45) is 11.1 Å². The van der Waals surface area contributed by atoms with E-state index in [9.17, 15) is 14.9 Å². The fraction of sp³-hybridized carbons (Fsp3) is 0.345. The van der Waals surface area contributed by atoms with Crippen molar-refractivity contribution < 1.29 is 28.5 Å². The van der Waals surface area contributed by atoms with E-state index < -0.39 is 5.92 Å². The lowest BCUT2D eigenvalue weighted by Gasteiger charge is -2.37. The van der Waals surface area contributed by atoms with E-state index in [0.717, 1.165) is 0 Å². The Balaban J connectivity index is 1.60. The molecular formula is C29H31N3O6. The number of methoxy groups -OCH3 is 1. The van der Waals surface area contributed by atoms with Crippen LogP contribution in [0.5, 0.6) is 17.2 Å². The fourth-order valence-corrected chi connectivity index (χ4v) is 4.75. The van der Waals surface area contributed by atoms with Crippen molar-refractivity contribution in [3.05, 3.63) is 70.8 Å². The number of carbonyl (C=O) groups is 2. The van der Waals surface area contributed by atoms with Crippen molar-refractivity contribution in [1.29, 1.82) is 5.26 Å². The largest absolute Gasteiger partial charge is 0.497 e. The molecule has 2 aliphatic rings. The zero-order chi connectivity index (χ0) is 27.4. The topological polar surface area (TPSA) is 133 Å². The number of amides is 1. The van der Waals surface area contributed by atoms with Crippen molar-refractivity contribution in [2.75, 3.05) is 25.6 Å². The summed E-state index contributed by atoms with van der Waals surface area (Å²) in [6.45, 7) is 5.90. The smallest absolute Gasteiger partial charge is 0.262 e. The lowest BCUT2D eigenvalue weighted by Crippen LogP contribution is -2.33. The molecule has 1 amide bonds. The number of benzene rings is 2. The minimum Gasteiger partial charge on any atom is -0.497 e. The molecule has 2 aromatic carbocycles. The lowest BCUT2D eigenvalue weighted by molar-refractivity contribution is -0.119. The molecule has 0 saturated heterocycles. The number of ketones is 1. The SMILES string of the molecule is CCOc1cc(C2C(C#N)=C(N)OC3=C2C(=O)CC(C)(C)C3)ccc1OCC(=O)Nc1cccc(OC)c1. The first-order valence-corrected chi connectivity index (χ1v) is 12.3. The zero-order valence-corrected chi connectivity index (χ0v) is 21.9. The van der Waals surface area contributed by atoms with Crippen LogP contribution in [-0.4, -0.2) is 32.0 Å². The number of nitriles is 1. The standard InChI is InChI=1S/C29H31N3O6/c1-5-36-23-11-17(9-10-22(23)37-16-25(34)32-18-7-6-8-19(12-18)35-4)26-20(15-30)28(31)38-24-14-29(2,3)13-21(33)27(24)26/h6-12,26H,5,13-14,16,31H2,1-4H3,(H,32,34). The first-order valence-electron chi connectivity index (χ1n) is 12.3. The average Bonchev–Trinajstić information content (AvgIpc) is 2.86. The van der Waals surface area contributed by atoms with E-state index in [1.807, 2.05) is 20.8 Å². The van der Waals surface area contributed by atoms with Crippen molar-refractivity contribution >= 4 is 17.4 Å². The number of nitrogens with zero attached hydrogens (tertiary/aromatic N) is 1. The number of rotatable bonds is 8. The maximum absolute atomic E-state index is 13.2. The number of allylic oxidation sites excluding steroid dienone is 3. The molecule has 1 aliphatic heterocycles. The monoisotopic (exact) mass is 517 g/mol. The molecule has 2 aromatic rings. The van der Waals surface area contributed by atoms with Crippen molar-refractivity contribution in [2.45, 2.75) is 39.5 Å². The molecule has 0 aromatic heterocycles. The third-order valence-electron chi connectivity index (χ3n) is 6.39. The van der Waals surface area contributed by atoms with Crippen LogP contribution in [-0.2, 0) is 14.3 Å². The Hall–Kier alpha value is -4.45. The fourth-order valence-electron chi connectivity index (χ4n) is 4.75. The molecular weight excluding hydrogens is 486 g/mol. The first-order chi connectivity index (χ1) is 18.2. The van der Waals surface area contributed by atoms with Gasteiger partial charge in [-0.15, -0.1) is 0 Å². The van der Waals surface area contributed by atoms with Crippen LogP contribution >= 0.6 is 0 Å². The summed E-state index contributed by atoms with van der Waals surface area (Å²) in [6.07, 6.45) is 0.873. The summed E-state index contributed by atoms with van der Waals surface area (Å²) in [5.41, 5.74) is 7.70. The average molecular weight is 518 g/mol. The number of ether oxygens (including phenoxy) is 4. The number of Topliss-reactive ketones (excluding diaryl/α,β-unsaturated/α-hetero) is 1. The molecule has 9 heteroatoms. The molecule has 3 N–H and O–H groups in total. The molecule has 198 valence electrons. The molecule has 0 spiro atoms. The van der Waals surface area contributed by atoms with Gasteiger partial charge in [0.05, 0.1) is 19.6 Å². The molecule has 9 nitrogen and oxygen atoms in total. The van der Waals surface area contributed by atoms with Crippen molar-refractivity contribution in [1.82, 2.24) is 0 Å². The van der Waals surface area contributed by atoms with Crippen molar-refractivity contribution in [3.63, 3.8) is 0 Å². The van der Waals surface area contributed by atoms with E-state index >= 15 is 0 Å². The highest BCUT2D eigenvalue weighted by atomic mass is 16.5. The second-order valence-corrected chi connectivity index (χ2v) is 9.91. The summed E-state index contributed by atoms with van der Waals surface area (Å²) < 4.78 is 22.5. The second-order valence-electron chi connectivity index (χ2n) is 9.91. The Morgan fingerprint density at radius 3 is 2.68 bits per heavy atom. The van der Waals surface area contributed by atoms with Gasteiger partial charge in [0.15, 0.2) is 23.9 Å². The molecule has 0 radical (unpaired) electrons. The Kier molecular flexibility index (Phi) is 7.62. The zero-order valence-electron chi connectivity index (χ0n) is 21.9. The minimum absolute atomic E-state index is 0.00532. The summed E-state index contributed by atoms with van der Waals surface area (Å²) in [5.74, 6) is 0.731. The van der Waals surface area contributed by atoms with Gasteiger partial charge < -0.3 is 30.0 Å². The van der Waals surface area contributed by atoms with Crippen LogP contribution < -0.4 is 25.3 Å². The number of hydrogen-bond donors (Lipinski definition) is 2. The number of nitrogens with one attached hydrogen (secondary N) is 1. The van der Waals surface area contributed by atoms with Crippen LogP contribution in [0.1, 0.15) is 45.1 Å². The maximum Gasteiger partial charge on any atom is 0.262 e. The van der Waals surface area contributed by atoms with Crippen LogP contribution in [0.15, 0.2) is 65.3 Å². The summed E-state index contributed by atoms with van der Waals surface area (Å²) in [6, 6.07) is 14.3. The van der Waals surface area contributed by atoms with Gasteiger partial charge in [-0.2, -0.15) is 5.26 Å². The summed E-state index contributed by atoms with van der Waals surface area (Å²) >= 11 is 0. The second kappa shape index (κ2) is 10.9. The molecule has 0 bridgehead atoms. The number of carbonyl (C=O) groups excluding carboxylic acids is 2. The molecule has 1 atom stereocenters. The first kappa shape index (κ1) is 26.6. The van der Waals surface area contributed by atoms with Crippen molar-refractivity contribution in [3.8, 4) is 23.3 Å². The normalized spacial score (nSPS) is 18.2. The van der Waals surface area contributed by atoms with Gasteiger partial charge in [-0.3, -0.25) is 9.59 Å².